The molecule has 1 aromatic heterocycles. The van der Waals surface area contributed by atoms with Crippen LogP contribution in [0, 0.1) is 20.8 Å². The van der Waals surface area contributed by atoms with Crippen LogP contribution in [0.4, 0.5) is 17.3 Å². The molecule has 106 valence electrons. The minimum atomic E-state index is 0.854. The van der Waals surface area contributed by atoms with Gasteiger partial charge in [0.15, 0.2) is 0 Å². The maximum absolute atomic E-state index is 4.35. The van der Waals surface area contributed by atoms with Gasteiger partial charge in [-0.05, 0) is 44.4 Å². The molecule has 0 amide bonds. The van der Waals surface area contributed by atoms with Crippen molar-refractivity contribution in [2.24, 2.45) is 0 Å². The van der Waals surface area contributed by atoms with Gasteiger partial charge in [-0.25, -0.2) is 9.97 Å². The Bertz CT molecular complexity index is 593. The van der Waals surface area contributed by atoms with E-state index in [1.165, 1.54) is 11.1 Å². The number of hydrogen-bond donors (Lipinski definition) is 2. The molecule has 2 aromatic rings. The molecule has 2 N–H and O–H groups in total. The number of aromatic nitrogens is 2. The number of benzene rings is 1. The van der Waals surface area contributed by atoms with E-state index in [0.717, 1.165) is 35.9 Å². The SMILES string of the molecule is CCCNc1ncnc(Nc2cccc(C)c2C)c1C. The Morgan fingerprint density at radius 1 is 1.00 bits per heavy atom. The molecule has 0 saturated carbocycles. The minimum Gasteiger partial charge on any atom is -0.370 e. The van der Waals surface area contributed by atoms with Gasteiger partial charge in [-0.15, -0.1) is 0 Å². The van der Waals surface area contributed by atoms with Crippen LogP contribution in [0.5, 0.6) is 0 Å². The summed E-state index contributed by atoms with van der Waals surface area (Å²) in [4.78, 5) is 8.65. The summed E-state index contributed by atoms with van der Waals surface area (Å²) in [5.74, 6) is 1.75. The van der Waals surface area contributed by atoms with Gasteiger partial charge in [0.05, 0.1) is 0 Å². The fraction of sp³-hybridized carbons (Fsp3) is 0.375. The zero-order valence-corrected chi connectivity index (χ0v) is 12.6. The Balaban J connectivity index is 2.27. The van der Waals surface area contributed by atoms with E-state index in [-0.39, 0.29) is 0 Å². The summed E-state index contributed by atoms with van der Waals surface area (Å²) in [6, 6.07) is 6.24. The van der Waals surface area contributed by atoms with Gasteiger partial charge in [-0.1, -0.05) is 19.1 Å². The highest BCUT2D eigenvalue weighted by atomic mass is 15.1. The molecule has 4 heteroatoms. The second kappa shape index (κ2) is 6.37. The van der Waals surface area contributed by atoms with E-state index < -0.39 is 0 Å². The molecule has 0 aliphatic heterocycles. The van der Waals surface area contributed by atoms with E-state index in [0.29, 0.717) is 0 Å². The van der Waals surface area contributed by atoms with Gasteiger partial charge in [0.1, 0.15) is 18.0 Å². The van der Waals surface area contributed by atoms with Crippen LogP contribution in [0.3, 0.4) is 0 Å². The Morgan fingerprint density at radius 3 is 2.50 bits per heavy atom. The molecule has 20 heavy (non-hydrogen) atoms. The molecule has 0 radical (unpaired) electrons. The lowest BCUT2D eigenvalue weighted by Crippen LogP contribution is -2.07. The minimum absolute atomic E-state index is 0.854. The average molecular weight is 270 g/mol. The second-order valence-corrected chi connectivity index (χ2v) is 5.00. The summed E-state index contributed by atoms with van der Waals surface area (Å²) in [5.41, 5.74) is 4.65. The summed E-state index contributed by atoms with van der Waals surface area (Å²) >= 11 is 0. The highest BCUT2D eigenvalue weighted by Crippen LogP contribution is 2.25. The highest BCUT2D eigenvalue weighted by molar-refractivity contribution is 5.67. The number of rotatable bonds is 5. The standard InChI is InChI=1S/C16H22N4/c1-5-9-17-15-13(4)16(19-10-18-15)20-14-8-6-7-11(2)12(14)3/h6-8,10H,5,9H2,1-4H3,(H2,17,18,19,20). The lowest BCUT2D eigenvalue weighted by Gasteiger charge is -2.14. The van der Waals surface area contributed by atoms with Crippen molar-refractivity contribution in [1.29, 1.82) is 0 Å². The first-order chi connectivity index (χ1) is 9.63. The topological polar surface area (TPSA) is 49.8 Å². The molecule has 0 aliphatic carbocycles. The number of hydrogen-bond acceptors (Lipinski definition) is 4. The predicted molar refractivity (Wildman–Crippen MR) is 84.7 cm³/mol. The van der Waals surface area contributed by atoms with Crippen molar-refractivity contribution < 1.29 is 0 Å². The molecule has 0 spiro atoms. The molecule has 0 saturated heterocycles. The lowest BCUT2D eigenvalue weighted by molar-refractivity contribution is 0.960. The van der Waals surface area contributed by atoms with Gasteiger partial charge in [-0.2, -0.15) is 0 Å². The van der Waals surface area contributed by atoms with Crippen LogP contribution in [0.25, 0.3) is 0 Å². The van der Waals surface area contributed by atoms with Crippen molar-refractivity contribution in [3.05, 3.63) is 41.2 Å². The number of nitrogens with one attached hydrogen (secondary N) is 2. The van der Waals surface area contributed by atoms with Crippen molar-refractivity contribution in [3.8, 4) is 0 Å². The van der Waals surface area contributed by atoms with E-state index >= 15 is 0 Å². The van der Waals surface area contributed by atoms with Crippen molar-refractivity contribution in [2.45, 2.75) is 34.1 Å². The van der Waals surface area contributed by atoms with Crippen molar-refractivity contribution >= 4 is 17.3 Å². The first-order valence-electron chi connectivity index (χ1n) is 7.02. The van der Waals surface area contributed by atoms with Gasteiger partial charge in [-0.3, -0.25) is 0 Å². The normalized spacial score (nSPS) is 10.4. The lowest BCUT2D eigenvalue weighted by atomic mass is 10.1. The smallest absolute Gasteiger partial charge is 0.138 e. The molecule has 1 heterocycles. The molecule has 0 aliphatic rings. The maximum Gasteiger partial charge on any atom is 0.138 e. The first kappa shape index (κ1) is 14.3. The van der Waals surface area contributed by atoms with E-state index in [9.17, 15) is 0 Å². The zero-order valence-electron chi connectivity index (χ0n) is 12.6. The van der Waals surface area contributed by atoms with Crippen LogP contribution in [-0.2, 0) is 0 Å². The van der Waals surface area contributed by atoms with Crippen molar-refractivity contribution in [1.82, 2.24) is 9.97 Å². The summed E-state index contributed by atoms with van der Waals surface area (Å²) < 4.78 is 0. The quantitative estimate of drug-likeness (QED) is 0.863. The van der Waals surface area contributed by atoms with E-state index in [2.05, 4.69) is 59.6 Å². The van der Waals surface area contributed by atoms with E-state index in [4.69, 9.17) is 0 Å². The van der Waals surface area contributed by atoms with Gasteiger partial charge in [0.25, 0.3) is 0 Å². The maximum atomic E-state index is 4.35. The van der Waals surface area contributed by atoms with Crippen LogP contribution >= 0.6 is 0 Å². The molecule has 0 fully saturated rings. The van der Waals surface area contributed by atoms with E-state index in [1.807, 2.05) is 6.92 Å². The number of anilines is 3. The van der Waals surface area contributed by atoms with Crippen LogP contribution < -0.4 is 10.6 Å². The molecular formula is C16H22N4. The fourth-order valence-corrected chi connectivity index (χ4v) is 2.01. The molecule has 2 rings (SSSR count). The van der Waals surface area contributed by atoms with Crippen molar-refractivity contribution in [3.63, 3.8) is 0 Å². The molecule has 0 atom stereocenters. The summed E-state index contributed by atoms with van der Waals surface area (Å²) in [7, 11) is 0. The van der Waals surface area contributed by atoms with Crippen LogP contribution in [0.2, 0.25) is 0 Å². The first-order valence-corrected chi connectivity index (χ1v) is 7.02. The monoisotopic (exact) mass is 270 g/mol. The Hall–Kier alpha value is -2.10. The second-order valence-electron chi connectivity index (χ2n) is 5.00. The number of nitrogens with zero attached hydrogens (tertiary/aromatic N) is 2. The Kier molecular flexibility index (Phi) is 4.56. The largest absolute Gasteiger partial charge is 0.370 e. The summed E-state index contributed by atoms with van der Waals surface area (Å²) in [6.07, 6.45) is 2.67. The van der Waals surface area contributed by atoms with Crippen molar-refractivity contribution in [2.75, 3.05) is 17.2 Å². The molecule has 1 aromatic carbocycles. The number of aryl methyl sites for hydroxylation is 1. The molecular weight excluding hydrogens is 248 g/mol. The zero-order chi connectivity index (χ0) is 14.5. The Morgan fingerprint density at radius 2 is 1.75 bits per heavy atom. The summed E-state index contributed by atoms with van der Waals surface area (Å²) in [6.45, 7) is 9.32. The van der Waals surface area contributed by atoms with Gasteiger partial charge in [0, 0.05) is 17.8 Å². The molecule has 4 nitrogen and oxygen atoms in total. The molecule has 0 unspecified atom stereocenters. The summed E-state index contributed by atoms with van der Waals surface area (Å²) in [5, 5.41) is 6.73. The predicted octanol–water partition coefficient (Wildman–Crippen LogP) is 3.97. The van der Waals surface area contributed by atoms with Crippen LogP contribution in [0.15, 0.2) is 24.5 Å². The van der Waals surface area contributed by atoms with E-state index in [1.54, 1.807) is 6.33 Å². The Labute approximate surface area is 120 Å². The third-order valence-electron chi connectivity index (χ3n) is 3.48. The molecule has 0 bridgehead atoms. The third kappa shape index (κ3) is 3.07. The van der Waals surface area contributed by atoms with Crippen LogP contribution in [0.1, 0.15) is 30.0 Å². The van der Waals surface area contributed by atoms with Crippen LogP contribution in [-0.4, -0.2) is 16.5 Å². The average Bonchev–Trinajstić information content (AvgIpc) is 2.44. The van der Waals surface area contributed by atoms with Gasteiger partial charge in [0.2, 0.25) is 0 Å². The highest BCUT2D eigenvalue weighted by Gasteiger charge is 2.08. The van der Waals surface area contributed by atoms with Gasteiger partial charge < -0.3 is 10.6 Å². The van der Waals surface area contributed by atoms with Gasteiger partial charge >= 0.3 is 0 Å². The fourth-order valence-electron chi connectivity index (χ4n) is 2.01. The third-order valence-corrected chi connectivity index (χ3v) is 3.48.